The van der Waals surface area contributed by atoms with Crippen molar-refractivity contribution < 1.29 is 22.7 Å². The summed E-state index contributed by atoms with van der Waals surface area (Å²) in [6.45, 7) is 7.84. The molecule has 0 aliphatic carbocycles. The third kappa shape index (κ3) is 4.78. The van der Waals surface area contributed by atoms with Crippen LogP contribution in [0.5, 0.6) is 11.5 Å². The molecule has 4 heterocycles. The molecule has 1 amide bonds. The molecule has 0 bridgehead atoms. The highest BCUT2D eigenvalue weighted by Crippen LogP contribution is 2.39. The quantitative estimate of drug-likeness (QED) is 0.521. The molecule has 37 heavy (non-hydrogen) atoms. The first-order valence-electron chi connectivity index (χ1n) is 12.0. The molecule has 2 aromatic heterocycles. The number of nitrogens with one attached hydrogen (secondary N) is 2. The van der Waals surface area contributed by atoms with Gasteiger partial charge in [-0.15, -0.1) is 0 Å². The summed E-state index contributed by atoms with van der Waals surface area (Å²) in [4.78, 5) is 34.1. The molecular weight excluding hydrogens is 496 g/mol. The Bertz CT molecular complexity index is 1530. The van der Waals surface area contributed by atoms with Crippen molar-refractivity contribution in [3.63, 3.8) is 0 Å². The van der Waals surface area contributed by atoms with Crippen LogP contribution in [0.25, 0.3) is 11.3 Å². The van der Waals surface area contributed by atoms with Crippen molar-refractivity contribution in [1.29, 1.82) is 0 Å². The zero-order valence-electron chi connectivity index (χ0n) is 20.8. The average molecular weight is 525 g/mol. The lowest BCUT2D eigenvalue weighted by atomic mass is 9.97. The monoisotopic (exact) mass is 524 g/mol. The van der Waals surface area contributed by atoms with Gasteiger partial charge in [-0.1, -0.05) is 6.92 Å². The number of ether oxygens (including phenoxy) is 2. The Labute approximate surface area is 214 Å². The van der Waals surface area contributed by atoms with E-state index in [9.17, 15) is 18.0 Å². The van der Waals surface area contributed by atoms with Crippen molar-refractivity contribution in [3.8, 4) is 22.8 Å². The molecule has 0 saturated carbocycles. The van der Waals surface area contributed by atoms with Gasteiger partial charge >= 0.3 is 0 Å². The Hall–Kier alpha value is -3.86. The molecule has 0 unspecified atom stereocenters. The lowest BCUT2D eigenvalue weighted by Gasteiger charge is -2.34. The Morgan fingerprint density at radius 3 is 2.59 bits per heavy atom. The van der Waals surface area contributed by atoms with Gasteiger partial charge in [0.05, 0.1) is 11.3 Å². The van der Waals surface area contributed by atoms with Crippen LogP contribution in [-0.2, 0) is 10.0 Å². The number of benzene rings is 1. The number of sulfonamides is 1. The van der Waals surface area contributed by atoms with Crippen LogP contribution < -0.4 is 24.7 Å². The van der Waals surface area contributed by atoms with E-state index in [4.69, 9.17) is 14.5 Å². The summed E-state index contributed by atoms with van der Waals surface area (Å²) < 4.78 is 39.1. The minimum Gasteiger partial charge on any atom is -0.486 e. The second kappa shape index (κ2) is 9.22. The van der Waals surface area contributed by atoms with E-state index in [1.165, 1.54) is 12.3 Å². The highest BCUT2D eigenvalue weighted by Gasteiger charge is 2.39. The average Bonchev–Trinajstić information content (AvgIpc) is 3.14. The first-order chi connectivity index (χ1) is 17.5. The van der Waals surface area contributed by atoms with Crippen molar-refractivity contribution in [2.45, 2.75) is 37.6 Å². The van der Waals surface area contributed by atoms with Crippen molar-refractivity contribution in [2.24, 2.45) is 5.92 Å². The molecule has 0 spiro atoms. The van der Waals surface area contributed by atoms with Crippen LogP contribution in [-0.4, -0.2) is 49.6 Å². The fraction of sp³-hybridized carbons (Fsp3) is 0.346. The summed E-state index contributed by atoms with van der Waals surface area (Å²) in [5, 5.41) is 0. The van der Waals surface area contributed by atoms with Gasteiger partial charge in [-0.3, -0.25) is 9.59 Å². The zero-order valence-corrected chi connectivity index (χ0v) is 21.6. The largest absolute Gasteiger partial charge is 0.486 e. The Morgan fingerprint density at radius 2 is 1.89 bits per heavy atom. The standard InChI is InChI=1S/C26H28N4O6S/c1-16-14-26(2,3)30(15-16)23-18(24(31)29-37(33,34)22-5-4-10-27-25(22)32)7-8-19(28-23)17-6-9-20-21(13-17)36-12-11-35-20/h4-10,13,16H,11-12,14-15H2,1-3H3,(H,27,32)(H,29,31)/t16-/m0/s1. The van der Waals surface area contributed by atoms with Crippen molar-refractivity contribution in [1.82, 2.24) is 14.7 Å². The van der Waals surface area contributed by atoms with Gasteiger partial charge in [-0.25, -0.2) is 18.1 Å². The highest BCUT2D eigenvalue weighted by atomic mass is 32.2. The van der Waals surface area contributed by atoms with Crippen LogP contribution in [0.2, 0.25) is 0 Å². The first kappa shape index (κ1) is 24.8. The number of pyridine rings is 2. The Kier molecular flexibility index (Phi) is 6.18. The fourth-order valence-corrected chi connectivity index (χ4v) is 6.03. The van der Waals surface area contributed by atoms with E-state index in [2.05, 4.69) is 25.8 Å². The van der Waals surface area contributed by atoms with E-state index in [1.54, 1.807) is 12.1 Å². The Balaban J connectivity index is 1.57. The summed E-state index contributed by atoms with van der Waals surface area (Å²) in [6, 6.07) is 11.3. The maximum atomic E-state index is 13.3. The molecule has 3 aromatic rings. The third-order valence-corrected chi connectivity index (χ3v) is 7.94. The molecule has 0 radical (unpaired) electrons. The number of H-pyrrole nitrogens is 1. The number of carbonyl (C=O) groups excluding carboxylic acids is 1. The molecule has 1 aromatic carbocycles. The molecule has 10 nitrogen and oxygen atoms in total. The second-order valence-corrected chi connectivity index (χ2v) is 11.6. The predicted molar refractivity (Wildman–Crippen MR) is 138 cm³/mol. The smallest absolute Gasteiger partial charge is 0.269 e. The topological polar surface area (TPSA) is 131 Å². The molecule has 2 N–H and O–H groups in total. The van der Waals surface area contributed by atoms with Crippen molar-refractivity contribution >= 4 is 21.7 Å². The van der Waals surface area contributed by atoms with Gasteiger partial charge in [0, 0.05) is 23.8 Å². The van der Waals surface area contributed by atoms with Crippen LogP contribution in [0, 0.1) is 5.92 Å². The predicted octanol–water partition coefficient (Wildman–Crippen LogP) is 2.95. The number of nitrogens with zero attached hydrogens (tertiary/aromatic N) is 2. The number of amides is 1. The number of hydrogen-bond donors (Lipinski definition) is 2. The van der Waals surface area contributed by atoms with Crippen molar-refractivity contribution in [3.05, 3.63) is 64.6 Å². The van der Waals surface area contributed by atoms with Crippen LogP contribution >= 0.6 is 0 Å². The molecule has 2 aliphatic heterocycles. The van der Waals surface area contributed by atoms with E-state index in [-0.39, 0.29) is 11.1 Å². The minimum absolute atomic E-state index is 0.0967. The number of rotatable bonds is 5. The molecule has 11 heteroatoms. The molecule has 1 saturated heterocycles. The number of fused-ring (bicyclic) bond motifs is 1. The van der Waals surface area contributed by atoms with Crippen LogP contribution in [0.1, 0.15) is 37.6 Å². The summed E-state index contributed by atoms with van der Waals surface area (Å²) in [5.74, 6) is 1.12. The summed E-state index contributed by atoms with van der Waals surface area (Å²) in [5.41, 5.74) is 0.332. The van der Waals surface area contributed by atoms with E-state index >= 15 is 0 Å². The van der Waals surface area contributed by atoms with Gasteiger partial charge in [0.2, 0.25) is 0 Å². The second-order valence-electron chi connectivity index (χ2n) is 9.96. The zero-order chi connectivity index (χ0) is 26.4. The summed E-state index contributed by atoms with van der Waals surface area (Å²) >= 11 is 0. The van der Waals surface area contributed by atoms with Crippen LogP contribution in [0.3, 0.4) is 0 Å². The van der Waals surface area contributed by atoms with Gasteiger partial charge in [-0.05, 0) is 68.7 Å². The van der Waals surface area contributed by atoms with E-state index < -0.39 is 26.4 Å². The number of aromatic nitrogens is 2. The van der Waals surface area contributed by atoms with Gasteiger partial charge in [0.1, 0.15) is 19.0 Å². The molecule has 5 rings (SSSR count). The Morgan fingerprint density at radius 1 is 1.14 bits per heavy atom. The maximum absolute atomic E-state index is 13.3. The summed E-state index contributed by atoms with van der Waals surface area (Å²) in [7, 11) is -4.41. The maximum Gasteiger partial charge on any atom is 0.269 e. The number of carbonyl (C=O) groups is 1. The SMILES string of the molecule is C[C@@H]1CN(c2nc(-c3ccc4c(c3)OCCO4)ccc2C(=O)NS(=O)(=O)c2ccc[nH]c2=O)C(C)(C)C1. The van der Waals surface area contributed by atoms with E-state index in [0.717, 1.165) is 18.1 Å². The number of anilines is 1. The third-order valence-electron chi connectivity index (χ3n) is 6.58. The van der Waals surface area contributed by atoms with Gasteiger partial charge in [0.15, 0.2) is 16.4 Å². The highest BCUT2D eigenvalue weighted by molar-refractivity contribution is 7.90. The molecular formula is C26H28N4O6S. The lowest BCUT2D eigenvalue weighted by Crippen LogP contribution is -2.41. The minimum atomic E-state index is -4.41. The molecule has 1 fully saturated rings. The van der Waals surface area contributed by atoms with Gasteiger partial charge in [-0.2, -0.15) is 0 Å². The van der Waals surface area contributed by atoms with Crippen LogP contribution in [0.4, 0.5) is 5.82 Å². The fourth-order valence-electron chi connectivity index (χ4n) is 5.00. The number of aromatic amines is 1. The number of hydrogen-bond acceptors (Lipinski definition) is 8. The molecule has 2 aliphatic rings. The first-order valence-corrected chi connectivity index (χ1v) is 13.5. The summed E-state index contributed by atoms with van der Waals surface area (Å²) in [6.07, 6.45) is 2.19. The molecule has 194 valence electrons. The van der Waals surface area contributed by atoms with Gasteiger partial charge in [0.25, 0.3) is 21.5 Å². The van der Waals surface area contributed by atoms with Gasteiger partial charge < -0.3 is 19.4 Å². The van der Waals surface area contributed by atoms with Crippen LogP contribution in [0.15, 0.2) is 58.4 Å². The van der Waals surface area contributed by atoms with E-state index in [0.29, 0.717) is 48.7 Å². The molecule has 1 atom stereocenters. The normalized spacial score (nSPS) is 18.5. The van der Waals surface area contributed by atoms with Crippen molar-refractivity contribution in [2.75, 3.05) is 24.7 Å². The van der Waals surface area contributed by atoms with E-state index in [1.807, 2.05) is 27.8 Å². The lowest BCUT2D eigenvalue weighted by molar-refractivity contribution is 0.0981.